The fourth-order valence-electron chi connectivity index (χ4n) is 1.05. The van der Waals surface area contributed by atoms with E-state index >= 15 is 0 Å². The second-order valence-electron chi connectivity index (χ2n) is 3.06. The maximum Gasteiger partial charge on any atom is 0.338 e. The second-order valence-corrected chi connectivity index (χ2v) is 3.77. The molecule has 1 rings (SSSR count). The topological polar surface area (TPSA) is 75.6 Å². The van der Waals surface area contributed by atoms with Gasteiger partial charge < -0.3 is 4.74 Å². The summed E-state index contributed by atoms with van der Waals surface area (Å²) in [6.07, 6.45) is 0.773. The number of nitrogens with one attached hydrogen (secondary N) is 1. The minimum absolute atomic E-state index is 0.388. The maximum atomic E-state index is 11.4. The molecule has 2 N–H and O–H groups in total. The molecule has 0 aliphatic heterocycles. The Morgan fingerprint density at radius 3 is 2.56 bits per heavy atom. The first-order chi connectivity index (χ1) is 7.63. The van der Waals surface area contributed by atoms with Crippen molar-refractivity contribution in [3.05, 3.63) is 29.8 Å². The van der Waals surface area contributed by atoms with Gasteiger partial charge in [0.2, 0.25) is 0 Å². The van der Waals surface area contributed by atoms with Crippen molar-refractivity contribution in [2.75, 3.05) is 11.3 Å². The van der Waals surface area contributed by atoms with E-state index in [9.17, 15) is 9.00 Å². The number of esters is 1. The van der Waals surface area contributed by atoms with Crippen LogP contribution in [0.1, 0.15) is 23.7 Å². The van der Waals surface area contributed by atoms with Crippen LogP contribution in [-0.2, 0) is 16.0 Å². The molecule has 1 atom stereocenters. The van der Waals surface area contributed by atoms with Crippen LogP contribution in [0.3, 0.4) is 0 Å². The zero-order valence-electron chi connectivity index (χ0n) is 8.80. The molecule has 1 aromatic rings. The summed E-state index contributed by atoms with van der Waals surface area (Å²) in [5, 5.41) is 0. The van der Waals surface area contributed by atoms with Crippen LogP contribution in [0.4, 0.5) is 5.69 Å². The number of hydrogen-bond acceptors (Lipinski definition) is 3. The van der Waals surface area contributed by atoms with Gasteiger partial charge in [0.25, 0.3) is 11.3 Å². The molecule has 0 heterocycles. The van der Waals surface area contributed by atoms with Gasteiger partial charge in [0.1, 0.15) is 0 Å². The Balaban J connectivity index is 2.63. The van der Waals surface area contributed by atoms with Crippen LogP contribution in [0.25, 0.3) is 0 Å². The summed E-state index contributed by atoms with van der Waals surface area (Å²) < 4.78 is 26.2. The summed E-state index contributed by atoms with van der Waals surface area (Å²) in [6, 6.07) is 6.15. The third-order valence-electron chi connectivity index (χ3n) is 1.76. The number of benzene rings is 1. The highest BCUT2D eigenvalue weighted by Gasteiger charge is 2.06. The molecular formula is C10H13NO4S. The van der Waals surface area contributed by atoms with E-state index < -0.39 is 17.2 Å². The Morgan fingerprint density at radius 1 is 1.44 bits per heavy atom. The quantitative estimate of drug-likeness (QED) is 0.610. The first kappa shape index (κ1) is 12.7. The van der Waals surface area contributed by atoms with Crippen molar-refractivity contribution in [2.45, 2.75) is 13.3 Å². The van der Waals surface area contributed by atoms with E-state index in [1.54, 1.807) is 0 Å². The molecule has 6 heteroatoms. The summed E-state index contributed by atoms with van der Waals surface area (Å²) >= 11 is -2.10. The number of ether oxygens (including phenoxy) is 1. The van der Waals surface area contributed by atoms with Crippen LogP contribution in [0.15, 0.2) is 24.3 Å². The van der Waals surface area contributed by atoms with Gasteiger partial charge >= 0.3 is 5.97 Å². The normalized spacial score (nSPS) is 11.9. The van der Waals surface area contributed by atoms with Gasteiger partial charge in [-0.3, -0.25) is 9.27 Å². The number of anilines is 1. The van der Waals surface area contributed by atoms with E-state index in [1.165, 1.54) is 24.3 Å². The van der Waals surface area contributed by atoms with Crippen molar-refractivity contribution in [1.29, 1.82) is 0 Å². The summed E-state index contributed by atoms with van der Waals surface area (Å²) in [5.74, 6) is -0.390. The van der Waals surface area contributed by atoms with E-state index in [4.69, 9.17) is 9.29 Å². The van der Waals surface area contributed by atoms with Gasteiger partial charge in [-0.2, -0.15) is 0 Å². The number of carbonyl (C=O) groups is 1. The number of rotatable bonds is 5. The molecule has 0 aliphatic rings. The lowest BCUT2D eigenvalue weighted by atomic mass is 10.2. The van der Waals surface area contributed by atoms with Crippen molar-refractivity contribution in [1.82, 2.24) is 0 Å². The molecule has 0 saturated heterocycles. The summed E-state index contributed by atoms with van der Waals surface area (Å²) in [4.78, 5) is 11.4. The van der Waals surface area contributed by atoms with Crippen molar-refractivity contribution in [2.24, 2.45) is 0 Å². The lowest BCUT2D eigenvalue weighted by Gasteiger charge is -2.04. The molecule has 0 aliphatic carbocycles. The zero-order valence-corrected chi connectivity index (χ0v) is 9.62. The lowest BCUT2D eigenvalue weighted by Crippen LogP contribution is -2.06. The predicted molar refractivity (Wildman–Crippen MR) is 61.4 cm³/mol. The summed E-state index contributed by atoms with van der Waals surface area (Å²) in [6.45, 7) is 2.30. The van der Waals surface area contributed by atoms with E-state index in [2.05, 4.69) is 4.72 Å². The van der Waals surface area contributed by atoms with Gasteiger partial charge in [0.15, 0.2) is 0 Å². The van der Waals surface area contributed by atoms with Gasteiger partial charge in [-0.05, 0) is 30.7 Å². The zero-order chi connectivity index (χ0) is 12.0. The number of hydrogen-bond donors (Lipinski definition) is 2. The molecule has 0 bridgehead atoms. The Morgan fingerprint density at radius 2 is 2.06 bits per heavy atom. The lowest BCUT2D eigenvalue weighted by molar-refractivity contribution is 0.0505. The smallest absolute Gasteiger partial charge is 0.338 e. The van der Waals surface area contributed by atoms with Gasteiger partial charge in [0, 0.05) is 5.69 Å². The molecule has 1 aromatic carbocycles. The van der Waals surface area contributed by atoms with Crippen molar-refractivity contribution in [3.8, 4) is 0 Å². The third-order valence-corrected chi connectivity index (χ3v) is 2.17. The first-order valence-electron chi connectivity index (χ1n) is 4.78. The molecule has 88 valence electrons. The molecule has 0 fully saturated rings. The van der Waals surface area contributed by atoms with Crippen molar-refractivity contribution in [3.63, 3.8) is 0 Å². The van der Waals surface area contributed by atoms with Gasteiger partial charge in [-0.15, -0.1) is 0 Å². The fourth-order valence-corrected chi connectivity index (χ4v) is 1.39. The minimum Gasteiger partial charge on any atom is -0.462 e. The van der Waals surface area contributed by atoms with E-state index in [0.29, 0.717) is 17.9 Å². The molecule has 0 saturated carbocycles. The average Bonchev–Trinajstić information content (AvgIpc) is 2.26. The van der Waals surface area contributed by atoms with E-state index in [0.717, 1.165) is 6.42 Å². The highest BCUT2D eigenvalue weighted by Crippen LogP contribution is 2.10. The molecule has 5 nitrogen and oxygen atoms in total. The van der Waals surface area contributed by atoms with Crippen LogP contribution >= 0.6 is 0 Å². The van der Waals surface area contributed by atoms with Crippen LogP contribution < -0.4 is 4.72 Å². The molecule has 16 heavy (non-hydrogen) atoms. The van der Waals surface area contributed by atoms with E-state index in [1.807, 2.05) is 6.92 Å². The van der Waals surface area contributed by atoms with Crippen LogP contribution in [0, 0.1) is 0 Å². The summed E-state index contributed by atoms with van der Waals surface area (Å²) in [5.41, 5.74) is 0.885. The van der Waals surface area contributed by atoms with Crippen molar-refractivity contribution < 1.29 is 18.3 Å². The molecular weight excluding hydrogens is 230 g/mol. The predicted octanol–water partition coefficient (Wildman–Crippen LogP) is 1.80. The Bertz CT molecular complexity index is 377. The minimum atomic E-state index is -2.10. The molecule has 0 amide bonds. The Hall–Kier alpha value is -1.40. The second kappa shape index (κ2) is 6.24. The summed E-state index contributed by atoms with van der Waals surface area (Å²) in [7, 11) is 0. The molecule has 0 aromatic heterocycles. The van der Waals surface area contributed by atoms with E-state index in [-0.39, 0.29) is 0 Å². The van der Waals surface area contributed by atoms with Crippen molar-refractivity contribution >= 4 is 22.9 Å². The highest BCUT2D eigenvalue weighted by atomic mass is 32.2. The molecule has 0 spiro atoms. The van der Waals surface area contributed by atoms with Crippen LogP contribution in [-0.4, -0.2) is 21.3 Å². The largest absolute Gasteiger partial charge is 0.462 e. The van der Waals surface area contributed by atoms with Gasteiger partial charge in [-0.25, -0.2) is 9.00 Å². The third kappa shape index (κ3) is 4.00. The molecule has 1 unspecified atom stereocenters. The SMILES string of the molecule is CCCOC(=O)c1ccc(NS(=O)O)cc1. The fraction of sp³-hybridized carbons (Fsp3) is 0.300. The van der Waals surface area contributed by atoms with Crippen LogP contribution in [0.5, 0.6) is 0 Å². The average molecular weight is 243 g/mol. The van der Waals surface area contributed by atoms with Gasteiger partial charge in [-0.1, -0.05) is 6.92 Å². The Kier molecular flexibility index (Phi) is 4.94. The monoisotopic (exact) mass is 243 g/mol. The molecule has 0 radical (unpaired) electrons. The highest BCUT2D eigenvalue weighted by molar-refractivity contribution is 7.80. The maximum absolute atomic E-state index is 11.4. The standard InChI is InChI=1S/C10H13NO4S/c1-2-7-15-10(12)8-3-5-9(6-4-8)11-16(13)14/h3-6,11H,2,7H2,1H3,(H,13,14). The first-order valence-corrected chi connectivity index (χ1v) is 5.89. The van der Waals surface area contributed by atoms with Gasteiger partial charge in [0.05, 0.1) is 12.2 Å². The van der Waals surface area contributed by atoms with Crippen LogP contribution in [0.2, 0.25) is 0 Å². The Labute approximate surface area is 96.2 Å². The number of carbonyl (C=O) groups excluding carboxylic acids is 1.